The van der Waals surface area contributed by atoms with E-state index in [1.54, 1.807) is 0 Å². The van der Waals surface area contributed by atoms with E-state index in [4.69, 9.17) is 5.73 Å². The molecule has 25 heavy (non-hydrogen) atoms. The van der Waals surface area contributed by atoms with Gasteiger partial charge in [-0.15, -0.1) is 10.2 Å². The largest absolute Gasteiger partial charge is 0.399 e. The van der Waals surface area contributed by atoms with Gasteiger partial charge in [-0.3, -0.25) is 0 Å². The lowest BCUT2D eigenvalue weighted by molar-refractivity contribution is 0.644. The smallest absolute Gasteiger partial charge is 0.151 e. The molecule has 0 amide bonds. The molecule has 4 rings (SSSR count). The summed E-state index contributed by atoms with van der Waals surface area (Å²) < 4.78 is 0. The number of benzene rings is 2. The quantitative estimate of drug-likeness (QED) is 0.748. The number of piperazine rings is 1. The molecule has 0 radical (unpaired) electrons. The van der Waals surface area contributed by atoms with Crippen LogP contribution >= 0.6 is 0 Å². The minimum atomic E-state index is 0.736. The Labute approximate surface area is 147 Å². The minimum Gasteiger partial charge on any atom is -0.399 e. The predicted octanol–water partition coefficient (Wildman–Crippen LogP) is 3.05. The van der Waals surface area contributed by atoms with E-state index in [1.165, 1.54) is 5.69 Å². The van der Waals surface area contributed by atoms with E-state index in [0.29, 0.717) is 0 Å². The molecule has 1 fully saturated rings. The van der Waals surface area contributed by atoms with Crippen molar-refractivity contribution in [3.05, 3.63) is 66.7 Å². The first-order valence-corrected chi connectivity index (χ1v) is 8.54. The highest BCUT2D eigenvalue weighted by atomic mass is 15.3. The summed E-state index contributed by atoms with van der Waals surface area (Å²) in [5.41, 5.74) is 9.70. The molecule has 1 aliphatic rings. The SMILES string of the molecule is Nc1cccc(-c2ccc(N3CCN(c4ccccc4)CC3)nn2)c1. The maximum Gasteiger partial charge on any atom is 0.151 e. The fraction of sp³-hybridized carbons (Fsp3) is 0.200. The van der Waals surface area contributed by atoms with E-state index in [9.17, 15) is 0 Å². The van der Waals surface area contributed by atoms with E-state index in [-0.39, 0.29) is 0 Å². The zero-order chi connectivity index (χ0) is 17.1. The number of hydrogen-bond acceptors (Lipinski definition) is 5. The van der Waals surface area contributed by atoms with Crippen LogP contribution in [0, 0.1) is 0 Å². The van der Waals surface area contributed by atoms with Crippen molar-refractivity contribution in [3.63, 3.8) is 0 Å². The summed E-state index contributed by atoms with van der Waals surface area (Å²) in [5.74, 6) is 0.931. The fourth-order valence-electron chi connectivity index (χ4n) is 3.18. The van der Waals surface area contributed by atoms with Gasteiger partial charge in [0.05, 0.1) is 5.69 Å². The molecule has 5 heteroatoms. The van der Waals surface area contributed by atoms with E-state index >= 15 is 0 Å². The van der Waals surface area contributed by atoms with Gasteiger partial charge in [0.25, 0.3) is 0 Å². The van der Waals surface area contributed by atoms with Crippen LogP contribution in [0.25, 0.3) is 11.3 Å². The Balaban J connectivity index is 1.43. The van der Waals surface area contributed by atoms with Crippen LogP contribution in [0.2, 0.25) is 0 Å². The van der Waals surface area contributed by atoms with Gasteiger partial charge in [0.15, 0.2) is 5.82 Å². The molecule has 126 valence electrons. The topological polar surface area (TPSA) is 58.3 Å². The van der Waals surface area contributed by atoms with Gasteiger partial charge in [-0.2, -0.15) is 0 Å². The summed E-state index contributed by atoms with van der Waals surface area (Å²) in [5, 5.41) is 8.80. The van der Waals surface area contributed by atoms with Crippen LogP contribution in [0.3, 0.4) is 0 Å². The van der Waals surface area contributed by atoms with E-state index < -0.39 is 0 Å². The molecule has 0 spiro atoms. The molecule has 2 N–H and O–H groups in total. The lowest BCUT2D eigenvalue weighted by Crippen LogP contribution is -2.46. The summed E-state index contributed by atoms with van der Waals surface area (Å²) in [7, 11) is 0. The van der Waals surface area contributed by atoms with Gasteiger partial charge in [0.1, 0.15) is 0 Å². The lowest BCUT2D eigenvalue weighted by atomic mass is 10.1. The monoisotopic (exact) mass is 331 g/mol. The number of para-hydroxylation sites is 1. The van der Waals surface area contributed by atoms with Crippen LogP contribution in [-0.4, -0.2) is 36.4 Å². The van der Waals surface area contributed by atoms with Crippen molar-refractivity contribution >= 4 is 17.2 Å². The second-order valence-corrected chi connectivity index (χ2v) is 6.21. The second kappa shape index (κ2) is 6.81. The number of nitrogens with two attached hydrogens (primary N) is 1. The van der Waals surface area contributed by atoms with Gasteiger partial charge in [-0.05, 0) is 36.4 Å². The van der Waals surface area contributed by atoms with Crippen LogP contribution in [0.4, 0.5) is 17.2 Å². The van der Waals surface area contributed by atoms with Crippen molar-refractivity contribution in [2.75, 3.05) is 41.7 Å². The summed E-state index contributed by atoms with van der Waals surface area (Å²) in [6.45, 7) is 3.87. The van der Waals surface area contributed by atoms with Crippen molar-refractivity contribution in [1.29, 1.82) is 0 Å². The van der Waals surface area contributed by atoms with Crippen LogP contribution in [0.1, 0.15) is 0 Å². The molecule has 0 aliphatic carbocycles. The highest BCUT2D eigenvalue weighted by Gasteiger charge is 2.18. The molecule has 2 heterocycles. The lowest BCUT2D eigenvalue weighted by Gasteiger charge is -2.36. The Kier molecular flexibility index (Phi) is 4.21. The second-order valence-electron chi connectivity index (χ2n) is 6.21. The number of rotatable bonds is 3. The molecule has 1 aromatic heterocycles. The van der Waals surface area contributed by atoms with Gasteiger partial charge in [0, 0.05) is 43.1 Å². The number of anilines is 3. The van der Waals surface area contributed by atoms with Gasteiger partial charge in [-0.25, -0.2) is 0 Å². The van der Waals surface area contributed by atoms with Crippen molar-refractivity contribution in [3.8, 4) is 11.3 Å². The van der Waals surface area contributed by atoms with E-state index in [0.717, 1.165) is 48.9 Å². The Morgan fingerprint density at radius 2 is 1.48 bits per heavy atom. The Hall–Kier alpha value is -3.08. The van der Waals surface area contributed by atoms with Gasteiger partial charge in [-0.1, -0.05) is 30.3 Å². The third-order valence-electron chi connectivity index (χ3n) is 4.56. The van der Waals surface area contributed by atoms with E-state index in [1.807, 2.05) is 36.4 Å². The molecule has 0 saturated carbocycles. The van der Waals surface area contributed by atoms with Crippen LogP contribution in [0.15, 0.2) is 66.7 Å². The van der Waals surface area contributed by atoms with Gasteiger partial charge >= 0.3 is 0 Å². The van der Waals surface area contributed by atoms with Crippen LogP contribution in [-0.2, 0) is 0 Å². The maximum atomic E-state index is 5.84. The first-order chi connectivity index (χ1) is 12.3. The summed E-state index contributed by atoms with van der Waals surface area (Å²) in [6, 6.07) is 22.3. The number of nitrogen functional groups attached to an aromatic ring is 1. The molecular weight excluding hydrogens is 310 g/mol. The molecule has 3 aromatic rings. The number of nitrogens with zero attached hydrogens (tertiary/aromatic N) is 4. The van der Waals surface area contributed by atoms with Gasteiger partial charge in [0.2, 0.25) is 0 Å². The van der Waals surface area contributed by atoms with Crippen molar-refractivity contribution < 1.29 is 0 Å². The van der Waals surface area contributed by atoms with E-state index in [2.05, 4.69) is 50.3 Å². The summed E-state index contributed by atoms with van der Waals surface area (Å²) in [4.78, 5) is 4.70. The molecule has 0 atom stereocenters. The van der Waals surface area contributed by atoms with Gasteiger partial charge < -0.3 is 15.5 Å². The standard InChI is InChI=1S/C20H21N5/c21-17-6-4-5-16(15-17)19-9-10-20(23-22-19)25-13-11-24(12-14-25)18-7-2-1-3-8-18/h1-10,15H,11-14,21H2. The maximum absolute atomic E-state index is 5.84. The molecule has 1 saturated heterocycles. The average Bonchev–Trinajstić information content (AvgIpc) is 2.69. The van der Waals surface area contributed by atoms with Crippen molar-refractivity contribution in [2.45, 2.75) is 0 Å². The Bertz CT molecular complexity index is 824. The van der Waals surface area contributed by atoms with Crippen molar-refractivity contribution in [1.82, 2.24) is 10.2 Å². The Morgan fingerprint density at radius 1 is 0.720 bits per heavy atom. The number of hydrogen-bond donors (Lipinski definition) is 1. The summed E-state index contributed by atoms with van der Waals surface area (Å²) >= 11 is 0. The highest BCUT2D eigenvalue weighted by Crippen LogP contribution is 2.22. The van der Waals surface area contributed by atoms with Crippen LogP contribution in [0.5, 0.6) is 0 Å². The fourth-order valence-corrected chi connectivity index (χ4v) is 3.18. The normalized spacial score (nSPS) is 14.6. The van der Waals surface area contributed by atoms with Crippen LogP contribution < -0.4 is 15.5 Å². The Morgan fingerprint density at radius 3 is 2.16 bits per heavy atom. The number of aromatic nitrogens is 2. The highest BCUT2D eigenvalue weighted by molar-refractivity contribution is 5.64. The third kappa shape index (κ3) is 3.40. The molecule has 2 aromatic carbocycles. The zero-order valence-corrected chi connectivity index (χ0v) is 14.0. The minimum absolute atomic E-state index is 0.736. The summed E-state index contributed by atoms with van der Waals surface area (Å²) in [6.07, 6.45) is 0. The first-order valence-electron chi connectivity index (χ1n) is 8.54. The third-order valence-corrected chi connectivity index (χ3v) is 4.56. The zero-order valence-electron chi connectivity index (χ0n) is 14.0. The van der Waals surface area contributed by atoms with Crippen molar-refractivity contribution in [2.24, 2.45) is 0 Å². The molecule has 0 bridgehead atoms. The molecule has 5 nitrogen and oxygen atoms in total. The molecule has 0 unspecified atom stereocenters. The molecular formula is C20H21N5. The molecule has 1 aliphatic heterocycles. The predicted molar refractivity (Wildman–Crippen MR) is 103 cm³/mol. The first kappa shape index (κ1) is 15.4. The average molecular weight is 331 g/mol.